The number of aromatic nitrogens is 1. The third-order valence-electron chi connectivity index (χ3n) is 2.57. The van der Waals surface area contributed by atoms with E-state index in [1.807, 2.05) is 0 Å². The van der Waals surface area contributed by atoms with Crippen LogP contribution in [0.15, 0.2) is 41.2 Å². The molecule has 0 spiro atoms. The van der Waals surface area contributed by atoms with Gasteiger partial charge in [-0.3, -0.25) is 0 Å². The molecule has 8 nitrogen and oxygen atoms in total. The van der Waals surface area contributed by atoms with Gasteiger partial charge >= 0.3 is 0 Å². The molecule has 0 radical (unpaired) electrons. The smallest absolute Gasteiger partial charge is 0.244 e. The fourth-order valence-electron chi connectivity index (χ4n) is 1.57. The molecule has 0 aliphatic rings. The Morgan fingerprint density at radius 2 is 1.55 bits per heavy atom. The van der Waals surface area contributed by atoms with E-state index in [1.54, 1.807) is 0 Å². The van der Waals surface area contributed by atoms with Gasteiger partial charge in [0, 0.05) is 13.1 Å². The zero-order valence-electron chi connectivity index (χ0n) is 12.0. The van der Waals surface area contributed by atoms with Gasteiger partial charge in [-0.25, -0.2) is 31.3 Å². The van der Waals surface area contributed by atoms with Gasteiger partial charge in [-0.15, -0.1) is 13.2 Å². The second-order valence-corrected chi connectivity index (χ2v) is 7.71. The second-order valence-electron chi connectivity index (χ2n) is 4.24. The molecule has 1 aromatic rings. The van der Waals surface area contributed by atoms with E-state index in [-0.39, 0.29) is 29.5 Å². The van der Waals surface area contributed by atoms with E-state index in [4.69, 9.17) is 5.73 Å². The molecule has 0 amide bonds. The molecule has 0 unspecified atom stereocenters. The molecular weight excluding hydrogens is 328 g/mol. The van der Waals surface area contributed by atoms with Crippen LogP contribution in [0.4, 0.5) is 5.82 Å². The summed E-state index contributed by atoms with van der Waals surface area (Å²) in [6.45, 7) is 8.21. The molecule has 1 rings (SSSR count). The predicted octanol–water partition coefficient (Wildman–Crippen LogP) is -0.0992. The highest BCUT2D eigenvalue weighted by Crippen LogP contribution is 2.23. The van der Waals surface area contributed by atoms with Gasteiger partial charge in [0.1, 0.15) is 15.6 Å². The van der Waals surface area contributed by atoms with E-state index >= 15 is 0 Å². The molecule has 0 fully saturated rings. The Morgan fingerprint density at radius 1 is 1.09 bits per heavy atom. The Morgan fingerprint density at radius 3 is 2.00 bits per heavy atom. The molecule has 0 bridgehead atoms. The molecule has 4 N–H and O–H groups in total. The maximum atomic E-state index is 12.1. The van der Waals surface area contributed by atoms with Crippen molar-refractivity contribution in [2.45, 2.75) is 16.7 Å². The lowest BCUT2D eigenvalue weighted by Gasteiger charge is -2.12. The monoisotopic (exact) mass is 346 g/mol. The van der Waals surface area contributed by atoms with Crippen LogP contribution in [-0.2, 0) is 20.0 Å². The van der Waals surface area contributed by atoms with Gasteiger partial charge in [0.15, 0.2) is 0 Å². The van der Waals surface area contributed by atoms with Crippen LogP contribution in [0.3, 0.4) is 0 Å². The fourth-order valence-corrected chi connectivity index (χ4v) is 3.93. The summed E-state index contributed by atoms with van der Waals surface area (Å²) in [6, 6.07) is 0.981. The average Bonchev–Trinajstić information content (AvgIpc) is 2.42. The van der Waals surface area contributed by atoms with Crippen molar-refractivity contribution in [2.75, 3.05) is 18.8 Å². The maximum Gasteiger partial charge on any atom is 0.244 e. The number of nitrogens with zero attached hydrogens (tertiary/aromatic N) is 1. The molecule has 122 valence electrons. The van der Waals surface area contributed by atoms with Crippen LogP contribution in [0.1, 0.15) is 5.69 Å². The summed E-state index contributed by atoms with van der Waals surface area (Å²) in [5.41, 5.74) is 5.70. The first-order chi connectivity index (χ1) is 10.2. The van der Waals surface area contributed by atoms with E-state index in [1.165, 1.54) is 19.1 Å². The number of hydrogen-bond donors (Lipinski definition) is 3. The summed E-state index contributed by atoms with van der Waals surface area (Å²) in [7, 11) is -7.92. The first-order valence-electron chi connectivity index (χ1n) is 6.14. The lowest BCUT2D eigenvalue weighted by Crippen LogP contribution is -2.28. The lowest BCUT2D eigenvalue weighted by atomic mass is 10.4. The lowest BCUT2D eigenvalue weighted by molar-refractivity contribution is 0.582. The highest BCUT2D eigenvalue weighted by atomic mass is 32.2. The van der Waals surface area contributed by atoms with Gasteiger partial charge in [0.05, 0.1) is 5.69 Å². The second kappa shape index (κ2) is 7.01. The molecule has 0 aromatic carbocycles. The van der Waals surface area contributed by atoms with Crippen LogP contribution in [-0.4, -0.2) is 34.9 Å². The molecule has 22 heavy (non-hydrogen) atoms. The third kappa shape index (κ3) is 4.13. The molecule has 1 aromatic heterocycles. The van der Waals surface area contributed by atoms with Crippen LogP contribution < -0.4 is 15.2 Å². The average molecular weight is 346 g/mol. The molecular formula is C12H18N4O4S2. The van der Waals surface area contributed by atoms with Crippen molar-refractivity contribution in [1.29, 1.82) is 0 Å². The van der Waals surface area contributed by atoms with Crippen molar-refractivity contribution in [1.82, 2.24) is 14.4 Å². The largest absolute Gasteiger partial charge is 0.383 e. The number of aryl methyl sites for hydroxylation is 1. The number of nitrogens with two attached hydrogens (primary N) is 1. The molecule has 10 heteroatoms. The molecule has 1 heterocycles. The molecule has 0 saturated heterocycles. The van der Waals surface area contributed by atoms with Crippen molar-refractivity contribution < 1.29 is 16.8 Å². The minimum absolute atomic E-state index is 0.00292. The number of hydrogen-bond acceptors (Lipinski definition) is 6. The van der Waals surface area contributed by atoms with Gasteiger partial charge in [0.25, 0.3) is 0 Å². The number of nitrogens with one attached hydrogen (secondary N) is 2. The quantitative estimate of drug-likeness (QED) is 0.563. The van der Waals surface area contributed by atoms with Crippen molar-refractivity contribution in [3.8, 4) is 0 Å². The predicted molar refractivity (Wildman–Crippen MR) is 84.2 cm³/mol. The van der Waals surface area contributed by atoms with Gasteiger partial charge < -0.3 is 5.73 Å². The van der Waals surface area contributed by atoms with E-state index in [2.05, 4.69) is 27.6 Å². The Kier molecular flexibility index (Phi) is 5.83. The summed E-state index contributed by atoms with van der Waals surface area (Å²) in [4.78, 5) is 3.14. The Bertz CT molecular complexity index is 722. The van der Waals surface area contributed by atoms with E-state index in [0.717, 1.165) is 6.07 Å². The maximum absolute atomic E-state index is 12.1. The minimum Gasteiger partial charge on any atom is -0.383 e. The number of sulfonamides is 2. The number of nitrogen functional groups attached to an aromatic ring is 1. The minimum atomic E-state index is -3.99. The van der Waals surface area contributed by atoms with Gasteiger partial charge in [-0.2, -0.15) is 0 Å². The Hall–Kier alpha value is -1.75. The standard InChI is InChI=1S/C12H18N4O4S2/c1-4-6-14-21(17,18)10-8-11(12(13)16-9(10)3)22(19,20)15-7-5-2/h4-5,8,14-15H,1-2,6-7H2,3H3,(H2,13,16). The van der Waals surface area contributed by atoms with Crippen molar-refractivity contribution in [2.24, 2.45) is 0 Å². The summed E-state index contributed by atoms with van der Waals surface area (Å²) in [5.74, 6) is -0.281. The zero-order chi connectivity index (χ0) is 17.0. The van der Waals surface area contributed by atoms with E-state index in [0.29, 0.717) is 0 Å². The Balaban J connectivity index is 3.43. The van der Waals surface area contributed by atoms with E-state index < -0.39 is 24.9 Å². The summed E-state index contributed by atoms with van der Waals surface area (Å²) in [5, 5.41) is 0. The molecule has 0 aliphatic carbocycles. The summed E-state index contributed by atoms with van der Waals surface area (Å²) < 4.78 is 53.0. The molecule has 0 saturated carbocycles. The number of anilines is 1. The van der Waals surface area contributed by atoms with Crippen LogP contribution >= 0.6 is 0 Å². The summed E-state index contributed by atoms with van der Waals surface area (Å²) >= 11 is 0. The van der Waals surface area contributed by atoms with Crippen LogP contribution in [0, 0.1) is 6.92 Å². The van der Waals surface area contributed by atoms with Crippen LogP contribution in [0.2, 0.25) is 0 Å². The van der Waals surface area contributed by atoms with Crippen molar-refractivity contribution in [3.63, 3.8) is 0 Å². The Labute approximate surface area is 130 Å². The number of rotatable bonds is 8. The normalized spacial score (nSPS) is 12.0. The van der Waals surface area contributed by atoms with Gasteiger partial charge in [-0.05, 0) is 13.0 Å². The SMILES string of the molecule is C=CCNS(=O)(=O)c1cc(S(=O)(=O)NCC=C)c(N)nc1C. The first-order valence-corrected chi connectivity index (χ1v) is 9.10. The zero-order valence-corrected chi connectivity index (χ0v) is 13.7. The summed E-state index contributed by atoms with van der Waals surface area (Å²) in [6.07, 6.45) is 2.71. The van der Waals surface area contributed by atoms with Crippen LogP contribution in [0.25, 0.3) is 0 Å². The third-order valence-corrected chi connectivity index (χ3v) is 5.57. The van der Waals surface area contributed by atoms with E-state index in [9.17, 15) is 16.8 Å². The molecule has 0 aliphatic heterocycles. The molecule has 0 atom stereocenters. The topological polar surface area (TPSA) is 131 Å². The highest BCUT2D eigenvalue weighted by molar-refractivity contribution is 7.90. The van der Waals surface area contributed by atoms with Crippen molar-refractivity contribution >= 4 is 25.9 Å². The van der Waals surface area contributed by atoms with Gasteiger partial charge in [-0.1, -0.05) is 12.2 Å². The fraction of sp³-hybridized carbons (Fsp3) is 0.250. The first kappa shape index (κ1) is 18.3. The van der Waals surface area contributed by atoms with Gasteiger partial charge in [0.2, 0.25) is 20.0 Å². The van der Waals surface area contributed by atoms with Crippen LogP contribution in [0.5, 0.6) is 0 Å². The number of pyridine rings is 1. The van der Waals surface area contributed by atoms with Crippen molar-refractivity contribution in [3.05, 3.63) is 37.1 Å². The highest BCUT2D eigenvalue weighted by Gasteiger charge is 2.24.